The summed E-state index contributed by atoms with van der Waals surface area (Å²) in [5.41, 5.74) is 2.66. The smallest absolute Gasteiger partial charge is 0.106 e. The molecule has 0 fully saturated rings. The second-order valence-corrected chi connectivity index (χ2v) is 6.06. The van der Waals surface area contributed by atoms with E-state index < -0.39 is 0 Å². The van der Waals surface area contributed by atoms with Crippen LogP contribution >= 0.6 is 0 Å². The van der Waals surface area contributed by atoms with Crippen LogP contribution in [0.5, 0.6) is 0 Å². The summed E-state index contributed by atoms with van der Waals surface area (Å²) >= 11 is 0. The predicted molar refractivity (Wildman–Crippen MR) is 85.1 cm³/mol. The zero-order valence-corrected chi connectivity index (χ0v) is 13.5. The van der Waals surface area contributed by atoms with Crippen molar-refractivity contribution in [2.75, 3.05) is 20.2 Å². The van der Waals surface area contributed by atoms with Crippen molar-refractivity contribution in [3.63, 3.8) is 0 Å². The van der Waals surface area contributed by atoms with Crippen molar-refractivity contribution in [3.05, 3.63) is 35.4 Å². The topological polar surface area (TPSA) is 12.5 Å². The molecule has 1 aromatic rings. The maximum absolute atomic E-state index is 6.05. The van der Waals surface area contributed by atoms with Crippen molar-refractivity contribution in [3.8, 4) is 0 Å². The lowest BCUT2D eigenvalue weighted by molar-refractivity contribution is -0.0808. The van der Waals surface area contributed by atoms with Crippen molar-refractivity contribution < 1.29 is 4.74 Å². The molecule has 0 amide bonds. The first kappa shape index (κ1) is 15.5. The molecule has 1 aromatic carbocycles. The van der Waals surface area contributed by atoms with Gasteiger partial charge in [-0.25, -0.2) is 0 Å². The summed E-state index contributed by atoms with van der Waals surface area (Å²) < 4.78 is 6.05. The van der Waals surface area contributed by atoms with Gasteiger partial charge >= 0.3 is 0 Å². The third kappa shape index (κ3) is 2.77. The SMILES string of the molecule is CCCN(CCC)C1CCc2ccccc2C1(C)OC. The summed E-state index contributed by atoms with van der Waals surface area (Å²) in [6, 6.07) is 9.28. The molecule has 0 aromatic heterocycles. The van der Waals surface area contributed by atoms with Crippen LogP contribution in [-0.2, 0) is 16.8 Å². The van der Waals surface area contributed by atoms with Crippen LogP contribution in [0.1, 0.15) is 51.2 Å². The van der Waals surface area contributed by atoms with Gasteiger partial charge in [0.15, 0.2) is 0 Å². The van der Waals surface area contributed by atoms with Crippen LogP contribution in [0.3, 0.4) is 0 Å². The highest BCUT2D eigenvalue weighted by molar-refractivity contribution is 5.36. The standard InChI is InChI=1S/C18H29NO/c1-5-13-19(14-6-2)17-12-11-15-9-7-8-10-16(15)18(17,3)20-4/h7-10,17H,5-6,11-14H2,1-4H3. The third-order valence-electron chi connectivity index (χ3n) is 4.76. The summed E-state index contributed by atoms with van der Waals surface area (Å²) in [5.74, 6) is 0. The van der Waals surface area contributed by atoms with E-state index in [1.807, 2.05) is 7.11 Å². The van der Waals surface area contributed by atoms with Crippen molar-refractivity contribution in [1.29, 1.82) is 0 Å². The van der Waals surface area contributed by atoms with Gasteiger partial charge in [0, 0.05) is 13.2 Å². The molecule has 0 aliphatic heterocycles. The molecule has 0 radical (unpaired) electrons. The molecular weight excluding hydrogens is 246 g/mol. The van der Waals surface area contributed by atoms with E-state index in [1.54, 1.807) is 0 Å². The zero-order chi connectivity index (χ0) is 14.6. The number of methoxy groups -OCH3 is 1. The lowest BCUT2D eigenvalue weighted by Crippen LogP contribution is -2.53. The number of benzene rings is 1. The molecule has 2 atom stereocenters. The molecule has 2 unspecified atom stereocenters. The van der Waals surface area contributed by atoms with Gasteiger partial charge in [-0.1, -0.05) is 38.1 Å². The Morgan fingerprint density at radius 3 is 2.45 bits per heavy atom. The maximum Gasteiger partial charge on any atom is 0.106 e. The molecule has 0 heterocycles. The van der Waals surface area contributed by atoms with Gasteiger partial charge in [-0.15, -0.1) is 0 Å². The van der Waals surface area contributed by atoms with E-state index in [0.29, 0.717) is 6.04 Å². The van der Waals surface area contributed by atoms with Gasteiger partial charge in [0.2, 0.25) is 0 Å². The van der Waals surface area contributed by atoms with Crippen molar-refractivity contribution >= 4 is 0 Å². The first-order chi connectivity index (χ1) is 9.67. The van der Waals surface area contributed by atoms with E-state index in [-0.39, 0.29) is 5.60 Å². The van der Waals surface area contributed by atoms with Gasteiger partial charge in [-0.2, -0.15) is 0 Å². The zero-order valence-electron chi connectivity index (χ0n) is 13.5. The Morgan fingerprint density at radius 2 is 1.85 bits per heavy atom. The van der Waals surface area contributed by atoms with Gasteiger partial charge in [-0.05, 0) is 56.8 Å². The molecule has 1 aliphatic rings. The molecule has 2 rings (SSSR count). The lowest BCUT2D eigenvalue weighted by atomic mass is 9.75. The minimum Gasteiger partial charge on any atom is -0.372 e. The molecule has 2 nitrogen and oxygen atoms in total. The highest BCUT2D eigenvalue weighted by Crippen LogP contribution is 2.40. The van der Waals surface area contributed by atoms with E-state index in [0.717, 1.165) is 0 Å². The molecular formula is C18H29NO. The van der Waals surface area contributed by atoms with Crippen molar-refractivity contribution in [2.45, 2.75) is 58.1 Å². The number of hydrogen-bond acceptors (Lipinski definition) is 2. The number of hydrogen-bond donors (Lipinski definition) is 0. The lowest BCUT2D eigenvalue weighted by Gasteiger charge is -2.47. The average Bonchev–Trinajstić information content (AvgIpc) is 2.48. The quantitative estimate of drug-likeness (QED) is 0.778. The fourth-order valence-corrected chi connectivity index (χ4v) is 3.74. The highest BCUT2D eigenvalue weighted by atomic mass is 16.5. The Kier molecular flexibility index (Phi) is 5.22. The summed E-state index contributed by atoms with van der Waals surface area (Å²) in [4.78, 5) is 2.64. The fourth-order valence-electron chi connectivity index (χ4n) is 3.74. The molecule has 0 spiro atoms. The predicted octanol–water partition coefficient (Wildman–Crippen LogP) is 3.99. The van der Waals surface area contributed by atoms with Gasteiger partial charge in [0.25, 0.3) is 0 Å². The van der Waals surface area contributed by atoms with Crippen LogP contribution in [0.4, 0.5) is 0 Å². The molecule has 0 N–H and O–H groups in total. The Balaban J connectivity index is 2.35. The minimum atomic E-state index is -0.181. The van der Waals surface area contributed by atoms with Crippen LogP contribution in [0.2, 0.25) is 0 Å². The molecule has 0 saturated heterocycles. The van der Waals surface area contributed by atoms with Crippen LogP contribution in [-0.4, -0.2) is 31.1 Å². The van der Waals surface area contributed by atoms with Gasteiger partial charge in [0.05, 0.1) is 0 Å². The monoisotopic (exact) mass is 275 g/mol. The first-order valence-electron chi connectivity index (χ1n) is 8.05. The summed E-state index contributed by atoms with van der Waals surface area (Å²) in [6.07, 6.45) is 4.78. The van der Waals surface area contributed by atoms with E-state index in [9.17, 15) is 0 Å². The van der Waals surface area contributed by atoms with E-state index in [2.05, 4.69) is 49.9 Å². The van der Waals surface area contributed by atoms with E-state index >= 15 is 0 Å². The largest absolute Gasteiger partial charge is 0.372 e. The highest BCUT2D eigenvalue weighted by Gasteiger charge is 2.43. The molecule has 20 heavy (non-hydrogen) atoms. The Labute approximate surface area is 124 Å². The third-order valence-corrected chi connectivity index (χ3v) is 4.76. The number of ether oxygens (including phenoxy) is 1. The van der Waals surface area contributed by atoms with E-state index in [1.165, 1.54) is 49.9 Å². The molecule has 112 valence electrons. The number of aryl methyl sites for hydroxylation is 1. The van der Waals surface area contributed by atoms with Gasteiger partial charge in [-0.3, -0.25) is 4.90 Å². The van der Waals surface area contributed by atoms with Gasteiger partial charge in [0.1, 0.15) is 5.60 Å². The molecule has 0 saturated carbocycles. The Morgan fingerprint density at radius 1 is 1.20 bits per heavy atom. The molecule has 2 heteroatoms. The summed E-state index contributed by atoms with van der Waals surface area (Å²) in [6.45, 7) is 9.14. The van der Waals surface area contributed by atoms with Gasteiger partial charge < -0.3 is 4.74 Å². The minimum absolute atomic E-state index is 0.181. The number of fused-ring (bicyclic) bond motifs is 1. The molecule has 0 bridgehead atoms. The van der Waals surface area contributed by atoms with Crippen molar-refractivity contribution in [2.24, 2.45) is 0 Å². The maximum atomic E-state index is 6.05. The summed E-state index contributed by atoms with van der Waals surface area (Å²) in [5, 5.41) is 0. The van der Waals surface area contributed by atoms with Crippen molar-refractivity contribution in [1.82, 2.24) is 4.90 Å². The summed E-state index contributed by atoms with van der Waals surface area (Å²) in [7, 11) is 1.87. The average molecular weight is 275 g/mol. The van der Waals surface area contributed by atoms with Crippen LogP contribution < -0.4 is 0 Å². The van der Waals surface area contributed by atoms with E-state index in [4.69, 9.17) is 4.74 Å². The normalized spacial score (nSPS) is 25.8. The second-order valence-electron chi connectivity index (χ2n) is 6.06. The first-order valence-corrected chi connectivity index (χ1v) is 8.05. The van der Waals surface area contributed by atoms with Crippen LogP contribution in [0, 0.1) is 0 Å². The van der Waals surface area contributed by atoms with Crippen LogP contribution in [0.15, 0.2) is 24.3 Å². The fraction of sp³-hybridized carbons (Fsp3) is 0.667. The second kappa shape index (κ2) is 6.73. The number of nitrogens with zero attached hydrogens (tertiary/aromatic N) is 1. The Hall–Kier alpha value is -0.860. The van der Waals surface area contributed by atoms with Crippen LogP contribution in [0.25, 0.3) is 0 Å². The molecule has 1 aliphatic carbocycles. The Bertz CT molecular complexity index is 425. The number of rotatable bonds is 6.